The number of esters is 1. The molecule has 5 rings (SSSR count). The standard InChI is InChI=1S/C25H32N2O3/c1-30-24(29)18-4-2-17(3-5-18)15-26-13-10-21-7-9-23(28)27(21)16-19-14-20-6-8-22(19)25(20)11-12-25/h2-6,8,19-22,26H,7,9-16H2,1H3/t19-,20+,21-,22+/m0/s1. The molecule has 0 aromatic heterocycles. The zero-order chi connectivity index (χ0) is 20.7. The quantitative estimate of drug-likeness (QED) is 0.406. The molecule has 3 aliphatic carbocycles. The Morgan fingerprint density at radius 2 is 2.03 bits per heavy atom. The second-order valence-corrected chi connectivity index (χ2v) is 9.64. The lowest BCUT2D eigenvalue weighted by Crippen LogP contribution is -2.39. The van der Waals surface area contributed by atoms with Crippen molar-refractivity contribution >= 4 is 11.9 Å². The summed E-state index contributed by atoms with van der Waals surface area (Å²) >= 11 is 0. The van der Waals surface area contributed by atoms with Gasteiger partial charge in [-0.15, -0.1) is 0 Å². The molecule has 1 N–H and O–H groups in total. The van der Waals surface area contributed by atoms with Crippen LogP contribution >= 0.6 is 0 Å². The van der Waals surface area contributed by atoms with E-state index < -0.39 is 0 Å². The molecule has 4 aliphatic rings. The Labute approximate surface area is 178 Å². The van der Waals surface area contributed by atoms with E-state index in [9.17, 15) is 9.59 Å². The van der Waals surface area contributed by atoms with Gasteiger partial charge in [0.05, 0.1) is 12.7 Å². The van der Waals surface area contributed by atoms with Crippen molar-refractivity contribution in [1.29, 1.82) is 0 Å². The number of nitrogens with one attached hydrogen (secondary N) is 1. The van der Waals surface area contributed by atoms with E-state index in [2.05, 4.69) is 22.4 Å². The maximum absolute atomic E-state index is 12.6. The predicted molar refractivity (Wildman–Crippen MR) is 115 cm³/mol. The van der Waals surface area contributed by atoms with E-state index in [4.69, 9.17) is 4.74 Å². The molecule has 1 spiro atoms. The lowest BCUT2D eigenvalue weighted by molar-refractivity contribution is -0.129. The third kappa shape index (κ3) is 3.47. The number of benzene rings is 1. The molecule has 1 saturated heterocycles. The van der Waals surface area contributed by atoms with Gasteiger partial charge in [-0.2, -0.15) is 0 Å². The van der Waals surface area contributed by atoms with Crippen LogP contribution in [0.15, 0.2) is 36.4 Å². The lowest BCUT2D eigenvalue weighted by atomic mass is 9.88. The number of hydrogen-bond donors (Lipinski definition) is 1. The Morgan fingerprint density at radius 3 is 2.73 bits per heavy atom. The molecule has 3 fully saturated rings. The molecule has 30 heavy (non-hydrogen) atoms. The van der Waals surface area contributed by atoms with Crippen LogP contribution in [0.2, 0.25) is 0 Å². The first-order chi connectivity index (χ1) is 14.6. The summed E-state index contributed by atoms with van der Waals surface area (Å²) in [6, 6.07) is 7.90. The Bertz CT molecular complexity index is 842. The van der Waals surface area contributed by atoms with E-state index in [-0.39, 0.29) is 5.97 Å². The zero-order valence-electron chi connectivity index (χ0n) is 17.8. The average Bonchev–Trinajstić information content (AvgIpc) is 3.32. The van der Waals surface area contributed by atoms with Crippen LogP contribution in [-0.4, -0.2) is 43.0 Å². The fraction of sp³-hybridized carbons (Fsp3) is 0.600. The number of amides is 1. The van der Waals surface area contributed by atoms with Gasteiger partial charge in [-0.1, -0.05) is 24.3 Å². The van der Waals surface area contributed by atoms with Gasteiger partial charge >= 0.3 is 5.97 Å². The Balaban J connectivity index is 1.10. The number of allylic oxidation sites excluding steroid dienone is 2. The maximum Gasteiger partial charge on any atom is 0.337 e. The summed E-state index contributed by atoms with van der Waals surface area (Å²) in [7, 11) is 1.40. The highest BCUT2D eigenvalue weighted by Crippen LogP contribution is 2.70. The average molecular weight is 409 g/mol. The van der Waals surface area contributed by atoms with Crippen LogP contribution in [0.5, 0.6) is 0 Å². The van der Waals surface area contributed by atoms with Crippen LogP contribution in [0.25, 0.3) is 0 Å². The Kier molecular flexibility index (Phi) is 5.18. The summed E-state index contributed by atoms with van der Waals surface area (Å²) in [5, 5.41) is 3.51. The molecular weight excluding hydrogens is 376 g/mol. The van der Waals surface area contributed by atoms with Gasteiger partial charge in [0.2, 0.25) is 5.91 Å². The van der Waals surface area contributed by atoms with Gasteiger partial charge in [0.1, 0.15) is 0 Å². The fourth-order valence-corrected chi connectivity index (χ4v) is 6.31. The lowest BCUT2D eigenvalue weighted by Gasteiger charge is -2.30. The van der Waals surface area contributed by atoms with Crippen molar-refractivity contribution in [3.8, 4) is 0 Å². The first kappa shape index (κ1) is 19.8. The molecule has 1 aromatic carbocycles. The van der Waals surface area contributed by atoms with Crippen LogP contribution < -0.4 is 5.32 Å². The first-order valence-corrected chi connectivity index (χ1v) is 11.5. The van der Waals surface area contributed by atoms with Gasteiger partial charge in [0.15, 0.2) is 0 Å². The SMILES string of the molecule is COC(=O)c1ccc(CNCC[C@@H]2CCC(=O)N2C[C@@H]2C[C@H]3C=C[C@H]2C32CC2)cc1. The molecule has 160 valence electrons. The minimum Gasteiger partial charge on any atom is -0.465 e. The molecule has 2 bridgehead atoms. The smallest absolute Gasteiger partial charge is 0.337 e. The normalized spacial score (nSPS) is 30.4. The Hall–Kier alpha value is -2.14. The molecule has 1 aromatic rings. The van der Waals surface area contributed by atoms with Gasteiger partial charge in [-0.05, 0) is 79.5 Å². The van der Waals surface area contributed by atoms with Gasteiger partial charge in [0, 0.05) is 25.6 Å². The summed E-state index contributed by atoms with van der Waals surface area (Å²) in [5.74, 6) is 2.24. The topological polar surface area (TPSA) is 58.6 Å². The predicted octanol–water partition coefficient (Wildman–Crippen LogP) is 3.55. The van der Waals surface area contributed by atoms with E-state index in [1.165, 1.54) is 26.4 Å². The second-order valence-electron chi connectivity index (χ2n) is 9.64. The number of carbonyl (C=O) groups is 2. The van der Waals surface area contributed by atoms with Gasteiger partial charge < -0.3 is 15.0 Å². The molecule has 1 heterocycles. The van der Waals surface area contributed by atoms with Crippen LogP contribution in [0.3, 0.4) is 0 Å². The summed E-state index contributed by atoms with van der Waals surface area (Å²) in [4.78, 5) is 26.3. The summed E-state index contributed by atoms with van der Waals surface area (Å²) in [6.45, 7) is 2.63. The van der Waals surface area contributed by atoms with Gasteiger partial charge in [-0.25, -0.2) is 4.79 Å². The highest BCUT2D eigenvalue weighted by atomic mass is 16.5. The van der Waals surface area contributed by atoms with Gasteiger partial charge in [-0.3, -0.25) is 4.79 Å². The number of hydrogen-bond acceptors (Lipinski definition) is 4. The van der Waals surface area contributed by atoms with Crippen molar-refractivity contribution < 1.29 is 14.3 Å². The van der Waals surface area contributed by atoms with Crippen molar-refractivity contribution in [2.45, 2.75) is 51.1 Å². The molecule has 2 saturated carbocycles. The number of ether oxygens (including phenoxy) is 1. The summed E-state index contributed by atoms with van der Waals surface area (Å²) in [5.41, 5.74) is 2.32. The van der Waals surface area contributed by atoms with Crippen molar-refractivity contribution in [2.75, 3.05) is 20.2 Å². The van der Waals surface area contributed by atoms with Crippen LogP contribution in [-0.2, 0) is 16.1 Å². The number of methoxy groups -OCH3 is 1. The van der Waals surface area contributed by atoms with E-state index >= 15 is 0 Å². The van der Waals surface area contributed by atoms with Crippen molar-refractivity contribution in [3.63, 3.8) is 0 Å². The largest absolute Gasteiger partial charge is 0.465 e. The highest BCUT2D eigenvalue weighted by Gasteiger charge is 2.62. The van der Waals surface area contributed by atoms with E-state index in [1.807, 2.05) is 12.1 Å². The summed E-state index contributed by atoms with van der Waals surface area (Å²) in [6.07, 6.45) is 11.7. The second kappa shape index (κ2) is 7.84. The molecule has 1 amide bonds. The number of likely N-dealkylation sites (tertiary alicyclic amines) is 1. The summed E-state index contributed by atoms with van der Waals surface area (Å²) < 4.78 is 4.74. The molecule has 5 heteroatoms. The number of carbonyl (C=O) groups excluding carboxylic acids is 2. The number of rotatable bonds is 8. The minimum atomic E-state index is -0.306. The van der Waals surface area contributed by atoms with E-state index in [0.29, 0.717) is 35.3 Å². The van der Waals surface area contributed by atoms with Crippen molar-refractivity contribution in [2.24, 2.45) is 23.2 Å². The van der Waals surface area contributed by atoms with Crippen molar-refractivity contribution in [1.82, 2.24) is 10.2 Å². The van der Waals surface area contributed by atoms with E-state index in [0.717, 1.165) is 49.9 Å². The first-order valence-electron chi connectivity index (χ1n) is 11.5. The molecular formula is C25H32N2O3. The fourth-order valence-electron chi connectivity index (χ4n) is 6.31. The highest BCUT2D eigenvalue weighted by molar-refractivity contribution is 5.89. The molecule has 5 nitrogen and oxygen atoms in total. The Morgan fingerprint density at radius 1 is 1.23 bits per heavy atom. The molecule has 1 aliphatic heterocycles. The third-order valence-corrected chi connectivity index (χ3v) is 8.09. The van der Waals surface area contributed by atoms with Crippen LogP contribution in [0, 0.1) is 23.2 Å². The molecule has 0 radical (unpaired) electrons. The zero-order valence-corrected chi connectivity index (χ0v) is 17.8. The third-order valence-electron chi connectivity index (χ3n) is 8.09. The van der Waals surface area contributed by atoms with Gasteiger partial charge in [0.25, 0.3) is 0 Å². The molecule has 0 unspecified atom stereocenters. The molecule has 4 atom stereocenters. The van der Waals surface area contributed by atoms with Crippen LogP contribution in [0.1, 0.15) is 54.4 Å². The minimum absolute atomic E-state index is 0.306. The maximum atomic E-state index is 12.6. The van der Waals surface area contributed by atoms with Crippen LogP contribution in [0.4, 0.5) is 0 Å². The van der Waals surface area contributed by atoms with E-state index in [1.54, 1.807) is 12.1 Å². The van der Waals surface area contributed by atoms with Crippen molar-refractivity contribution in [3.05, 3.63) is 47.5 Å². The monoisotopic (exact) mass is 408 g/mol. The number of nitrogens with zero attached hydrogens (tertiary/aromatic N) is 1.